The molecule has 0 atom stereocenters. The van der Waals surface area contributed by atoms with Crippen molar-refractivity contribution < 1.29 is 35.5 Å². The number of hydrogen-bond acceptors (Lipinski definition) is 7. The molecule has 8 nitrogen and oxygen atoms in total. The van der Waals surface area contributed by atoms with Crippen LogP contribution in [0.15, 0.2) is 42.5 Å². The summed E-state index contributed by atoms with van der Waals surface area (Å²) < 4.78 is 91.0. The van der Waals surface area contributed by atoms with Gasteiger partial charge in [-0.2, -0.15) is 13.2 Å². The number of hydrogen-bond donors (Lipinski definition) is 1. The number of sulfonamides is 1. The van der Waals surface area contributed by atoms with Crippen LogP contribution in [0, 0.1) is 11.7 Å². The van der Waals surface area contributed by atoms with Gasteiger partial charge >= 0.3 is 6.18 Å². The summed E-state index contributed by atoms with van der Waals surface area (Å²) in [6.45, 7) is -0.248. The summed E-state index contributed by atoms with van der Waals surface area (Å²) in [6, 6.07) is 8.09. The second kappa shape index (κ2) is 9.64. The topological polar surface area (TPSA) is 103 Å². The number of methoxy groups -OCH3 is 1. The average Bonchev–Trinajstić information content (AvgIpc) is 3.61. The molecule has 186 valence electrons. The number of halogens is 4. The van der Waals surface area contributed by atoms with E-state index in [0.717, 1.165) is 31.0 Å². The van der Waals surface area contributed by atoms with Crippen molar-refractivity contribution in [3.05, 3.63) is 59.4 Å². The van der Waals surface area contributed by atoms with Crippen molar-refractivity contribution >= 4 is 15.7 Å². The molecule has 4 rings (SSSR count). The van der Waals surface area contributed by atoms with Crippen molar-refractivity contribution in [1.82, 2.24) is 15.2 Å². The van der Waals surface area contributed by atoms with Gasteiger partial charge < -0.3 is 9.47 Å². The second-order valence-corrected chi connectivity index (χ2v) is 9.71. The van der Waals surface area contributed by atoms with Crippen molar-refractivity contribution in [2.24, 2.45) is 5.92 Å². The molecule has 0 saturated heterocycles. The van der Waals surface area contributed by atoms with Crippen molar-refractivity contribution in [3.8, 4) is 23.1 Å². The highest BCUT2D eigenvalue weighted by Gasteiger charge is 2.30. The van der Waals surface area contributed by atoms with E-state index in [1.807, 2.05) is 0 Å². The van der Waals surface area contributed by atoms with E-state index < -0.39 is 27.6 Å². The van der Waals surface area contributed by atoms with Crippen LogP contribution in [0.25, 0.3) is 11.4 Å². The highest BCUT2D eigenvalue weighted by atomic mass is 32.2. The van der Waals surface area contributed by atoms with Crippen LogP contribution >= 0.6 is 0 Å². The lowest BCUT2D eigenvalue weighted by molar-refractivity contribution is -0.137. The summed E-state index contributed by atoms with van der Waals surface area (Å²) in [4.78, 5) is 4.04. The first-order chi connectivity index (χ1) is 16.5. The second-order valence-electron chi connectivity index (χ2n) is 7.95. The molecule has 0 radical (unpaired) electrons. The molecule has 0 spiro atoms. The smallest absolute Gasteiger partial charge is 0.416 e. The molecule has 2 heterocycles. The summed E-state index contributed by atoms with van der Waals surface area (Å²) in [7, 11) is -2.41. The zero-order valence-electron chi connectivity index (χ0n) is 18.3. The molecule has 1 aliphatic rings. The van der Waals surface area contributed by atoms with Gasteiger partial charge in [0.05, 0.1) is 18.4 Å². The molecule has 0 unspecified atom stereocenters. The molecule has 35 heavy (non-hydrogen) atoms. The zero-order valence-corrected chi connectivity index (χ0v) is 19.2. The van der Waals surface area contributed by atoms with Crippen LogP contribution in [0.2, 0.25) is 0 Å². The first-order valence-electron chi connectivity index (χ1n) is 10.4. The number of alkyl halides is 3. The highest BCUT2D eigenvalue weighted by molar-refractivity contribution is 7.92. The third-order valence-electron chi connectivity index (χ3n) is 5.07. The summed E-state index contributed by atoms with van der Waals surface area (Å²) in [6.07, 6.45) is -2.83. The first-order valence-corrected chi connectivity index (χ1v) is 12.1. The van der Waals surface area contributed by atoms with Crippen LogP contribution in [-0.4, -0.2) is 36.5 Å². The van der Waals surface area contributed by atoms with E-state index in [2.05, 4.69) is 19.9 Å². The van der Waals surface area contributed by atoms with E-state index in [1.165, 1.54) is 31.4 Å². The van der Waals surface area contributed by atoms with Gasteiger partial charge in [-0.1, -0.05) is 12.1 Å². The average molecular weight is 512 g/mol. The number of benzene rings is 1. The van der Waals surface area contributed by atoms with E-state index >= 15 is 0 Å². The lowest BCUT2D eigenvalue weighted by Crippen LogP contribution is -2.19. The predicted octanol–water partition coefficient (Wildman–Crippen LogP) is 4.44. The van der Waals surface area contributed by atoms with Gasteiger partial charge in [0.25, 0.3) is 5.88 Å². The van der Waals surface area contributed by atoms with Crippen molar-refractivity contribution in [2.75, 3.05) is 17.6 Å². The molecule has 1 fully saturated rings. The van der Waals surface area contributed by atoms with Gasteiger partial charge in [0.1, 0.15) is 23.7 Å². The fraction of sp³-hybridized carbons (Fsp3) is 0.318. The maximum absolute atomic E-state index is 14.6. The zero-order chi connectivity index (χ0) is 25.2. The standard InChI is InChI=1S/C22H20F4N4O4S/c1-33-21-18(30-35(31,32)12-13-5-6-13)10-17(28-29-21)20-16(23)7-8-19(27-20)34-11-14-3-2-4-15(9-14)22(24,25)26/h2-4,7-10,13H,5-6,11-12H2,1H3,(H,28,30). The van der Waals surface area contributed by atoms with Crippen LogP contribution in [-0.2, 0) is 22.8 Å². The Balaban J connectivity index is 1.56. The van der Waals surface area contributed by atoms with E-state index in [4.69, 9.17) is 9.47 Å². The molecule has 3 aromatic rings. The summed E-state index contributed by atoms with van der Waals surface area (Å²) >= 11 is 0. The van der Waals surface area contributed by atoms with Crippen LogP contribution in [0.5, 0.6) is 11.8 Å². The normalized spacial score (nSPS) is 14.0. The third-order valence-corrected chi connectivity index (χ3v) is 6.52. The monoisotopic (exact) mass is 512 g/mol. The summed E-state index contributed by atoms with van der Waals surface area (Å²) in [5.74, 6) is -0.933. The van der Waals surface area contributed by atoms with Crippen molar-refractivity contribution in [2.45, 2.75) is 25.6 Å². The molecule has 2 aromatic heterocycles. The molecule has 13 heteroatoms. The quantitative estimate of drug-likeness (QED) is 0.423. The predicted molar refractivity (Wildman–Crippen MR) is 118 cm³/mol. The van der Waals surface area contributed by atoms with Gasteiger partial charge in [0.15, 0.2) is 5.82 Å². The van der Waals surface area contributed by atoms with Gasteiger partial charge in [-0.15, -0.1) is 10.2 Å². The minimum Gasteiger partial charge on any atom is -0.478 e. The van der Waals surface area contributed by atoms with Crippen LogP contribution in [0.3, 0.4) is 0 Å². The number of nitrogens with zero attached hydrogens (tertiary/aromatic N) is 3. The maximum Gasteiger partial charge on any atom is 0.416 e. The number of rotatable bonds is 9. The largest absolute Gasteiger partial charge is 0.478 e. The van der Waals surface area contributed by atoms with Crippen molar-refractivity contribution in [3.63, 3.8) is 0 Å². The van der Waals surface area contributed by atoms with Crippen LogP contribution in [0.4, 0.5) is 23.2 Å². The van der Waals surface area contributed by atoms with Crippen molar-refractivity contribution in [1.29, 1.82) is 0 Å². The molecule has 1 aromatic carbocycles. The Hall–Kier alpha value is -3.48. The van der Waals surface area contributed by atoms with Gasteiger partial charge in [0, 0.05) is 6.07 Å². The lowest BCUT2D eigenvalue weighted by Gasteiger charge is -2.12. The first kappa shape index (κ1) is 24.6. The Bertz CT molecular complexity index is 1330. The van der Waals surface area contributed by atoms with Crippen LogP contribution < -0.4 is 14.2 Å². The van der Waals surface area contributed by atoms with E-state index in [-0.39, 0.29) is 52.7 Å². The minimum atomic E-state index is -4.50. The number of nitrogens with one attached hydrogen (secondary N) is 1. The van der Waals surface area contributed by atoms with Crippen LogP contribution in [0.1, 0.15) is 24.0 Å². The molecule has 1 aliphatic carbocycles. The Morgan fingerprint density at radius 2 is 1.89 bits per heavy atom. The fourth-order valence-electron chi connectivity index (χ4n) is 3.20. The van der Waals surface area contributed by atoms with E-state index in [1.54, 1.807) is 0 Å². The maximum atomic E-state index is 14.6. The number of ether oxygens (including phenoxy) is 2. The Morgan fingerprint density at radius 3 is 2.57 bits per heavy atom. The molecular formula is C22H20F4N4O4S. The Kier molecular flexibility index (Phi) is 6.79. The number of pyridine rings is 1. The molecule has 1 saturated carbocycles. The molecule has 0 bridgehead atoms. The Morgan fingerprint density at radius 1 is 1.11 bits per heavy atom. The SMILES string of the molecule is COc1nnc(-c2nc(OCc3cccc(C(F)(F)F)c3)ccc2F)cc1NS(=O)(=O)CC1CC1. The van der Waals surface area contributed by atoms with E-state index in [9.17, 15) is 26.0 Å². The number of anilines is 1. The van der Waals surface area contributed by atoms with E-state index in [0.29, 0.717) is 0 Å². The summed E-state index contributed by atoms with van der Waals surface area (Å²) in [5, 5.41) is 7.65. The minimum absolute atomic E-state index is 0.0327. The van der Waals surface area contributed by atoms with Gasteiger partial charge in [0.2, 0.25) is 15.9 Å². The summed E-state index contributed by atoms with van der Waals surface area (Å²) in [5.41, 5.74) is -1.00. The Labute approximate surface area is 198 Å². The van der Waals surface area contributed by atoms with Gasteiger partial charge in [-0.05, 0) is 48.6 Å². The molecule has 0 aliphatic heterocycles. The van der Waals surface area contributed by atoms with Gasteiger partial charge in [-0.3, -0.25) is 4.72 Å². The number of aromatic nitrogens is 3. The fourth-order valence-corrected chi connectivity index (χ4v) is 4.72. The molecular weight excluding hydrogens is 492 g/mol. The third kappa shape index (κ3) is 6.35. The lowest BCUT2D eigenvalue weighted by atomic mass is 10.1. The van der Waals surface area contributed by atoms with Gasteiger partial charge in [-0.25, -0.2) is 17.8 Å². The highest BCUT2D eigenvalue weighted by Crippen LogP contribution is 2.33. The molecule has 1 N–H and O–H groups in total. The molecule has 0 amide bonds.